The van der Waals surface area contributed by atoms with Gasteiger partial charge in [0.15, 0.2) is 9.84 Å². The van der Waals surface area contributed by atoms with Crippen molar-refractivity contribution in [3.05, 3.63) is 58.6 Å². The summed E-state index contributed by atoms with van der Waals surface area (Å²) in [5.74, 6) is -0.126. The zero-order valence-electron chi connectivity index (χ0n) is 18.1. The van der Waals surface area contributed by atoms with Crippen LogP contribution in [0.5, 0.6) is 0 Å². The third-order valence-electron chi connectivity index (χ3n) is 6.34. The van der Waals surface area contributed by atoms with Crippen molar-refractivity contribution in [2.75, 3.05) is 30.8 Å². The van der Waals surface area contributed by atoms with Crippen LogP contribution in [0.25, 0.3) is 0 Å². The Morgan fingerprint density at radius 1 is 0.969 bits per heavy atom. The predicted octanol–water partition coefficient (Wildman–Crippen LogP) is 3.97. The highest BCUT2D eigenvalue weighted by Crippen LogP contribution is 2.32. The summed E-state index contributed by atoms with van der Waals surface area (Å²) >= 11 is 6.16. The minimum atomic E-state index is -3.30. The number of benzene rings is 2. The minimum Gasteiger partial charge on any atom is -0.339 e. The van der Waals surface area contributed by atoms with Gasteiger partial charge in [-0.1, -0.05) is 11.6 Å². The van der Waals surface area contributed by atoms with Crippen LogP contribution >= 0.6 is 11.6 Å². The molecule has 0 aliphatic carbocycles. The highest BCUT2D eigenvalue weighted by molar-refractivity contribution is 7.90. The maximum absolute atomic E-state index is 13.4. The van der Waals surface area contributed by atoms with Gasteiger partial charge in [0.2, 0.25) is 5.91 Å². The van der Waals surface area contributed by atoms with Crippen molar-refractivity contribution in [3.8, 4) is 0 Å². The molecule has 1 fully saturated rings. The number of sulfone groups is 1. The summed E-state index contributed by atoms with van der Waals surface area (Å²) in [7, 11) is -3.30. The number of rotatable bonds is 3. The minimum absolute atomic E-state index is 0.117. The van der Waals surface area contributed by atoms with Crippen molar-refractivity contribution >= 4 is 38.9 Å². The number of carbonyl (C=O) groups is 2. The summed E-state index contributed by atoms with van der Waals surface area (Å²) in [5, 5.41) is 0.689. The number of piperidine rings is 1. The van der Waals surface area contributed by atoms with Crippen LogP contribution in [-0.2, 0) is 21.1 Å². The van der Waals surface area contributed by atoms with E-state index in [1.165, 1.54) is 12.1 Å². The molecule has 2 aromatic rings. The molecule has 2 aliphatic heterocycles. The van der Waals surface area contributed by atoms with Crippen molar-refractivity contribution in [2.24, 2.45) is 5.92 Å². The lowest BCUT2D eigenvalue weighted by molar-refractivity contribution is -0.123. The highest BCUT2D eigenvalue weighted by Gasteiger charge is 2.32. The van der Waals surface area contributed by atoms with E-state index >= 15 is 0 Å². The quantitative estimate of drug-likeness (QED) is 0.674. The molecule has 2 aromatic carbocycles. The molecule has 4 rings (SSSR count). The van der Waals surface area contributed by atoms with Crippen LogP contribution in [0, 0.1) is 5.92 Å². The topological polar surface area (TPSA) is 74.8 Å². The summed E-state index contributed by atoms with van der Waals surface area (Å²) < 4.78 is 23.2. The molecule has 6 nitrogen and oxygen atoms in total. The van der Waals surface area contributed by atoms with Crippen LogP contribution in [0.3, 0.4) is 0 Å². The van der Waals surface area contributed by atoms with Gasteiger partial charge in [-0.3, -0.25) is 9.59 Å². The molecular weight excluding hydrogens is 448 g/mol. The number of anilines is 1. The lowest BCUT2D eigenvalue weighted by Gasteiger charge is -2.34. The Kier molecular flexibility index (Phi) is 6.58. The second-order valence-electron chi connectivity index (χ2n) is 8.58. The van der Waals surface area contributed by atoms with Crippen LogP contribution in [0.2, 0.25) is 5.02 Å². The molecule has 0 unspecified atom stereocenters. The molecule has 0 saturated carbocycles. The van der Waals surface area contributed by atoms with Gasteiger partial charge in [-0.25, -0.2) is 8.42 Å². The Balaban J connectivity index is 1.41. The first kappa shape index (κ1) is 22.8. The second kappa shape index (κ2) is 9.24. The van der Waals surface area contributed by atoms with E-state index in [4.69, 9.17) is 11.6 Å². The lowest BCUT2D eigenvalue weighted by Crippen LogP contribution is -2.44. The van der Waals surface area contributed by atoms with Gasteiger partial charge in [0, 0.05) is 48.1 Å². The standard InChI is InChI=1S/C24H27ClN2O4S/c1-32(30,31)21-8-5-17(6-9-21)23(28)26-14-11-18(12-15-26)24(29)27-13-3-2-4-19-16-20(25)7-10-22(19)27/h5-10,16,18H,2-4,11-15H2,1H3. The first-order valence-electron chi connectivity index (χ1n) is 10.9. The molecule has 1 saturated heterocycles. The van der Waals surface area contributed by atoms with E-state index in [0.29, 0.717) is 43.1 Å². The fourth-order valence-corrected chi connectivity index (χ4v) is 5.35. The molecule has 0 aromatic heterocycles. The molecule has 0 N–H and O–H groups in total. The SMILES string of the molecule is CS(=O)(=O)c1ccc(C(=O)N2CCC(C(=O)N3CCCCc4cc(Cl)ccc43)CC2)cc1. The Labute approximate surface area is 194 Å². The van der Waals surface area contributed by atoms with E-state index in [2.05, 4.69) is 0 Å². The van der Waals surface area contributed by atoms with Gasteiger partial charge >= 0.3 is 0 Å². The molecule has 32 heavy (non-hydrogen) atoms. The number of likely N-dealkylation sites (tertiary alicyclic amines) is 1. The van der Waals surface area contributed by atoms with E-state index in [-0.39, 0.29) is 22.6 Å². The number of halogens is 1. The van der Waals surface area contributed by atoms with Crippen LogP contribution in [0.4, 0.5) is 5.69 Å². The van der Waals surface area contributed by atoms with E-state index in [1.54, 1.807) is 17.0 Å². The fraction of sp³-hybridized carbons (Fsp3) is 0.417. The van der Waals surface area contributed by atoms with E-state index in [9.17, 15) is 18.0 Å². The van der Waals surface area contributed by atoms with Crippen molar-refractivity contribution < 1.29 is 18.0 Å². The van der Waals surface area contributed by atoms with E-state index < -0.39 is 9.84 Å². The van der Waals surface area contributed by atoms with Gasteiger partial charge < -0.3 is 9.80 Å². The van der Waals surface area contributed by atoms with Gasteiger partial charge in [0.05, 0.1) is 4.90 Å². The molecule has 2 amide bonds. The first-order valence-corrected chi connectivity index (χ1v) is 13.2. The maximum atomic E-state index is 13.4. The van der Waals surface area contributed by atoms with Crippen LogP contribution in [-0.4, -0.2) is 51.0 Å². The molecule has 0 atom stereocenters. The monoisotopic (exact) mass is 474 g/mol. The molecule has 8 heteroatoms. The van der Waals surface area contributed by atoms with E-state index in [0.717, 1.165) is 36.8 Å². The molecule has 2 aliphatic rings. The summed E-state index contributed by atoms with van der Waals surface area (Å²) in [5.41, 5.74) is 2.54. The van der Waals surface area contributed by atoms with Gasteiger partial charge in [0.25, 0.3) is 5.91 Å². The summed E-state index contributed by atoms with van der Waals surface area (Å²) in [6.45, 7) is 1.72. The largest absolute Gasteiger partial charge is 0.339 e. The summed E-state index contributed by atoms with van der Waals surface area (Å²) in [6.07, 6.45) is 5.28. The van der Waals surface area contributed by atoms with Crippen molar-refractivity contribution in [3.63, 3.8) is 0 Å². The zero-order valence-corrected chi connectivity index (χ0v) is 19.7. The average molecular weight is 475 g/mol. The predicted molar refractivity (Wildman–Crippen MR) is 125 cm³/mol. The van der Waals surface area contributed by atoms with Crippen molar-refractivity contribution in [1.82, 2.24) is 4.90 Å². The average Bonchev–Trinajstić information content (AvgIpc) is 2.99. The molecule has 0 spiro atoms. The van der Waals surface area contributed by atoms with Gasteiger partial charge in [-0.05, 0) is 80.1 Å². The third-order valence-corrected chi connectivity index (χ3v) is 7.70. The van der Waals surface area contributed by atoms with Gasteiger partial charge in [0.1, 0.15) is 0 Å². The van der Waals surface area contributed by atoms with Crippen LogP contribution < -0.4 is 4.90 Å². The highest BCUT2D eigenvalue weighted by atomic mass is 35.5. The molecule has 0 bridgehead atoms. The van der Waals surface area contributed by atoms with E-state index in [1.807, 2.05) is 23.1 Å². The number of nitrogens with zero attached hydrogens (tertiary/aromatic N) is 2. The zero-order chi connectivity index (χ0) is 22.9. The molecule has 2 heterocycles. The van der Waals surface area contributed by atoms with Gasteiger partial charge in [-0.2, -0.15) is 0 Å². The number of fused-ring (bicyclic) bond motifs is 1. The lowest BCUT2D eigenvalue weighted by atomic mass is 9.94. The van der Waals surface area contributed by atoms with Crippen molar-refractivity contribution in [1.29, 1.82) is 0 Å². The summed E-state index contributed by atoms with van der Waals surface area (Å²) in [6, 6.07) is 11.8. The fourth-order valence-electron chi connectivity index (χ4n) is 4.53. The Hall–Kier alpha value is -2.38. The summed E-state index contributed by atoms with van der Waals surface area (Å²) in [4.78, 5) is 30.1. The van der Waals surface area contributed by atoms with Crippen molar-refractivity contribution in [2.45, 2.75) is 37.0 Å². The second-order valence-corrected chi connectivity index (χ2v) is 11.0. The Morgan fingerprint density at radius 3 is 2.31 bits per heavy atom. The number of hydrogen-bond donors (Lipinski definition) is 0. The maximum Gasteiger partial charge on any atom is 0.253 e. The van der Waals surface area contributed by atoms with Gasteiger partial charge in [-0.15, -0.1) is 0 Å². The number of hydrogen-bond acceptors (Lipinski definition) is 4. The third kappa shape index (κ3) is 4.84. The first-order chi connectivity index (χ1) is 15.2. The molecular formula is C24H27ClN2O4S. The number of aryl methyl sites for hydroxylation is 1. The Morgan fingerprint density at radius 2 is 1.66 bits per heavy atom. The smallest absolute Gasteiger partial charge is 0.253 e. The number of carbonyl (C=O) groups excluding carboxylic acids is 2. The molecule has 170 valence electrons. The molecule has 0 radical (unpaired) electrons. The number of amides is 2. The van der Waals surface area contributed by atoms with Crippen LogP contribution in [0.15, 0.2) is 47.4 Å². The van der Waals surface area contributed by atoms with Crippen LogP contribution in [0.1, 0.15) is 41.6 Å². The Bertz CT molecular complexity index is 1120. The normalized spacial score (nSPS) is 17.6.